The van der Waals surface area contributed by atoms with Crippen molar-refractivity contribution in [2.45, 2.75) is 95.5 Å². The molecule has 2 saturated carbocycles. The lowest BCUT2D eigenvalue weighted by Crippen LogP contribution is -2.62. The molecule has 308 valence electrons. The number of rotatable bonds is 13. The highest BCUT2D eigenvalue weighted by atomic mass is 16.5. The molecule has 3 heterocycles. The highest BCUT2D eigenvalue weighted by Gasteiger charge is 2.61. The number of carboxylic acids is 1. The Kier molecular flexibility index (Phi) is 11.8. The van der Waals surface area contributed by atoms with E-state index in [-0.39, 0.29) is 31.0 Å². The molecule has 0 bridgehead atoms. The van der Waals surface area contributed by atoms with Crippen molar-refractivity contribution >= 4 is 40.5 Å². The van der Waals surface area contributed by atoms with Crippen molar-refractivity contribution in [3.05, 3.63) is 97.6 Å². The Bertz CT molecular complexity index is 2220. The predicted octanol–water partition coefficient (Wildman–Crippen LogP) is 5.10. The van der Waals surface area contributed by atoms with E-state index >= 15 is 0 Å². The first-order valence-electron chi connectivity index (χ1n) is 20.3. The predicted molar refractivity (Wildman–Crippen MR) is 220 cm³/mol. The second-order valence-corrected chi connectivity index (χ2v) is 16.9. The molecule has 59 heavy (non-hydrogen) atoms. The molecule has 2 aliphatic carbocycles. The van der Waals surface area contributed by atoms with Gasteiger partial charge in [-0.1, -0.05) is 88.6 Å². The summed E-state index contributed by atoms with van der Waals surface area (Å²) < 4.78 is 6.70. The number of aliphatic carboxylic acids is 1. The highest BCUT2D eigenvalue weighted by molar-refractivity contribution is 5.99. The number of fused-ring (bicyclic) bond motifs is 1. The van der Waals surface area contributed by atoms with Crippen molar-refractivity contribution in [1.82, 2.24) is 35.8 Å². The van der Waals surface area contributed by atoms with Crippen LogP contribution in [0.25, 0.3) is 22.2 Å². The van der Waals surface area contributed by atoms with Gasteiger partial charge in [-0.25, -0.2) is 14.8 Å². The van der Waals surface area contributed by atoms with Crippen molar-refractivity contribution in [2.24, 2.45) is 17.3 Å². The van der Waals surface area contributed by atoms with Gasteiger partial charge in [-0.15, -0.1) is 6.58 Å². The first-order chi connectivity index (χ1) is 28.3. The van der Waals surface area contributed by atoms with E-state index in [4.69, 9.17) is 9.72 Å². The fraction of sp³-hybridized carbons (Fsp3) is 0.422. The molecule has 0 spiro atoms. The third-order valence-electron chi connectivity index (χ3n) is 11.8. The van der Waals surface area contributed by atoms with Gasteiger partial charge in [-0.2, -0.15) is 0 Å². The maximum absolute atomic E-state index is 15.0. The van der Waals surface area contributed by atoms with Crippen LogP contribution in [0.5, 0.6) is 5.75 Å². The van der Waals surface area contributed by atoms with Gasteiger partial charge in [-0.3, -0.25) is 24.2 Å². The van der Waals surface area contributed by atoms with Crippen LogP contribution in [0.4, 0.5) is 0 Å². The summed E-state index contributed by atoms with van der Waals surface area (Å²) in [5.74, 6) is -3.58. The Morgan fingerprint density at radius 3 is 2.37 bits per heavy atom. The molecule has 2 aromatic heterocycles. The molecule has 0 radical (unpaired) electrons. The van der Waals surface area contributed by atoms with Crippen LogP contribution in [0.1, 0.15) is 76.2 Å². The lowest BCUT2D eigenvalue weighted by atomic mass is 9.82. The first-order valence-corrected chi connectivity index (χ1v) is 20.3. The minimum absolute atomic E-state index is 0.0306. The average molecular weight is 802 g/mol. The van der Waals surface area contributed by atoms with Crippen molar-refractivity contribution in [1.29, 1.82) is 0 Å². The Labute approximate surface area is 343 Å². The largest absolute Gasteiger partial charge is 0.488 e. The summed E-state index contributed by atoms with van der Waals surface area (Å²) in [5.41, 5.74) is -0.0745. The third kappa shape index (κ3) is 8.81. The van der Waals surface area contributed by atoms with Crippen LogP contribution in [0, 0.1) is 17.3 Å². The second kappa shape index (κ2) is 17.0. The maximum Gasteiger partial charge on any atom is 0.330 e. The van der Waals surface area contributed by atoms with Crippen LogP contribution in [-0.4, -0.2) is 90.9 Å². The van der Waals surface area contributed by atoms with Gasteiger partial charge in [0, 0.05) is 41.7 Å². The summed E-state index contributed by atoms with van der Waals surface area (Å²) in [5, 5.41) is 19.5. The Morgan fingerprint density at radius 1 is 0.983 bits per heavy atom. The lowest BCUT2D eigenvalue weighted by Gasteiger charge is -2.37. The molecule has 7 rings (SSSR count). The van der Waals surface area contributed by atoms with Gasteiger partial charge in [0.1, 0.15) is 41.2 Å². The van der Waals surface area contributed by atoms with Crippen LogP contribution in [-0.2, 0) is 19.2 Å². The zero-order valence-electron chi connectivity index (χ0n) is 33.6. The number of pyridine rings is 1. The second-order valence-electron chi connectivity index (χ2n) is 16.9. The summed E-state index contributed by atoms with van der Waals surface area (Å²) >= 11 is 0. The molecule has 4 N–H and O–H groups in total. The third-order valence-corrected chi connectivity index (χ3v) is 11.8. The van der Waals surface area contributed by atoms with Gasteiger partial charge in [-0.05, 0) is 42.7 Å². The molecule has 2 aromatic carbocycles. The molecular formula is C45H51N7O7. The number of nitrogens with one attached hydrogen (secondary N) is 3. The topological polar surface area (TPSA) is 193 Å². The van der Waals surface area contributed by atoms with Crippen LogP contribution in [0.2, 0.25) is 0 Å². The molecular weight excluding hydrogens is 751 g/mol. The number of carbonyl (C=O) groups excluding carboxylic acids is 4. The van der Waals surface area contributed by atoms with E-state index in [0.717, 1.165) is 30.2 Å². The number of carbonyl (C=O) groups is 5. The van der Waals surface area contributed by atoms with Gasteiger partial charge in [0.25, 0.3) is 5.91 Å². The molecule has 1 saturated heterocycles. The maximum atomic E-state index is 15.0. The van der Waals surface area contributed by atoms with Crippen molar-refractivity contribution in [3.63, 3.8) is 0 Å². The zero-order valence-corrected chi connectivity index (χ0v) is 33.6. The molecule has 1 unspecified atom stereocenters. The first kappa shape index (κ1) is 41.0. The van der Waals surface area contributed by atoms with Crippen LogP contribution >= 0.6 is 0 Å². The SMILES string of the molecule is C=CC1C[C@]1(NC(=O)[C@@H]1C[C@@H](Oc2cc(-c3ccccc3)nc3ccccc23)CN1C(=O)[C@@H](NC(=O)[C@@H](NC(=O)c1cnccn1)C1CCCCC1)C(C)(C)C)C(=O)O. The molecule has 3 aliphatic rings. The average Bonchev–Trinajstić information content (AvgIpc) is 3.81. The quantitative estimate of drug-likeness (QED) is 0.132. The number of aromatic nitrogens is 3. The number of hydrogen-bond acceptors (Lipinski definition) is 9. The fourth-order valence-electron chi connectivity index (χ4n) is 8.41. The molecule has 1 aliphatic heterocycles. The van der Waals surface area contributed by atoms with E-state index in [1.807, 2.05) is 81.4 Å². The van der Waals surface area contributed by atoms with Crippen LogP contribution < -0.4 is 20.7 Å². The summed E-state index contributed by atoms with van der Waals surface area (Å²) in [6.07, 6.45) is 9.46. The molecule has 3 fully saturated rings. The summed E-state index contributed by atoms with van der Waals surface area (Å²) in [6.45, 7) is 9.16. The number of benzene rings is 2. The number of hydrogen-bond donors (Lipinski definition) is 4. The molecule has 14 heteroatoms. The monoisotopic (exact) mass is 801 g/mol. The molecule has 14 nitrogen and oxygen atoms in total. The number of likely N-dealkylation sites (tertiary alicyclic amines) is 1. The van der Waals surface area contributed by atoms with Crippen molar-refractivity contribution in [3.8, 4) is 17.0 Å². The number of para-hydroxylation sites is 1. The van der Waals surface area contributed by atoms with E-state index in [1.54, 1.807) is 0 Å². The Hall–Kier alpha value is -6.18. The highest BCUT2D eigenvalue weighted by Crippen LogP contribution is 2.45. The van der Waals surface area contributed by atoms with E-state index in [0.29, 0.717) is 29.8 Å². The zero-order chi connectivity index (χ0) is 41.9. The molecule has 6 atom stereocenters. The number of carboxylic acid groups (broad SMARTS) is 1. The standard InChI is InChI=1S/C45H51N7O7/c1-5-29-24-45(29,43(57)58)51-40(54)35-22-30(59-36-23-33(27-14-8-6-9-15-27)48-32-19-13-12-18-31(32)36)26-52(35)42(56)38(44(2,3)4)50-41(55)37(28-16-10-7-11-17-28)49-39(53)34-25-46-20-21-47-34/h5-6,8-9,12-15,18-21,23,25,28-30,35,37-38H,1,7,10-11,16-17,22,24,26H2,2-4H3,(H,49,53)(H,50,55)(H,51,54)(H,57,58)/t29?,30-,35+,37+,38-,45-/m1/s1. The smallest absolute Gasteiger partial charge is 0.330 e. The summed E-state index contributed by atoms with van der Waals surface area (Å²) in [4.78, 5) is 83.8. The Morgan fingerprint density at radius 2 is 1.71 bits per heavy atom. The van der Waals surface area contributed by atoms with E-state index in [1.165, 1.54) is 29.6 Å². The number of ether oxygens (including phenoxy) is 1. The summed E-state index contributed by atoms with van der Waals surface area (Å²) in [6, 6.07) is 15.8. The van der Waals surface area contributed by atoms with Gasteiger partial charge >= 0.3 is 5.97 Å². The fourth-order valence-corrected chi connectivity index (χ4v) is 8.41. The van der Waals surface area contributed by atoms with Crippen LogP contribution in [0.15, 0.2) is 91.9 Å². The van der Waals surface area contributed by atoms with Gasteiger partial charge in [0.15, 0.2) is 0 Å². The van der Waals surface area contributed by atoms with E-state index in [9.17, 15) is 29.1 Å². The normalized spacial score (nSPS) is 22.8. The summed E-state index contributed by atoms with van der Waals surface area (Å²) in [7, 11) is 0. The number of amides is 4. The van der Waals surface area contributed by atoms with Gasteiger partial charge in [0.05, 0.1) is 24.0 Å². The lowest BCUT2D eigenvalue weighted by molar-refractivity contribution is -0.147. The van der Waals surface area contributed by atoms with Crippen LogP contribution in [0.3, 0.4) is 0 Å². The molecule has 4 amide bonds. The Balaban J connectivity index is 1.19. The van der Waals surface area contributed by atoms with Crippen molar-refractivity contribution in [2.75, 3.05) is 6.54 Å². The van der Waals surface area contributed by atoms with Gasteiger partial charge < -0.3 is 30.7 Å². The van der Waals surface area contributed by atoms with E-state index < -0.39 is 70.7 Å². The number of nitrogens with zero attached hydrogens (tertiary/aromatic N) is 4. The minimum atomic E-state index is -1.54. The minimum Gasteiger partial charge on any atom is -0.488 e. The van der Waals surface area contributed by atoms with Crippen molar-refractivity contribution < 1.29 is 33.8 Å². The molecule has 4 aromatic rings. The van der Waals surface area contributed by atoms with Gasteiger partial charge in [0.2, 0.25) is 17.7 Å². The van der Waals surface area contributed by atoms with E-state index in [2.05, 4.69) is 32.5 Å².